The Morgan fingerprint density at radius 3 is 2.56 bits per heavy atom. The number of hydrogen-bond acceptors (Lipinski definition) is 6. The summed E-state index contributed by atoms with van der Waals surface area (Å²) in [5.74, 6) is 0.476. The maximum Gasteiger partial charge on any atom is 0.248 e. The normalized spacial score (nSPS) is 16.5. The molecule has 0 radical (unpaired) electrons. The molecule has 1 saturated heterocycles. The van der Waals surface area contributed by atoms with Gasteiger partial charge in [-0.25, -0.2) is 0 Å². The van der Waals surface area contributed by atoms with Crippen molar-refractivity contribution < 1.29 is 19.1 Å². The maximum absolute atomic E-state index is 12.8. The van der Waals surface area contributed by atoms with Crippen molar-refractivity contribution in [3.63, 3.8) is 0 Å². The number of carbonyl (C=O) groups is 2. The maximum atomic E-state index is 12.8. The van der Waals surface area contributed by atoms with Crippen LogP contribution in [-0.2, 0) is 26.1 Å². The third-order valence-corrected chi connectivity index (χ3v) is 4.34. The number of amides is 2. The number of anilines is 1. The number of nitrogens with zero attached hydrogens (tertiary/aromatic N) is 3. The highest BCUT2D eigenvalue weighted by atomic mass is 16.5. The molecule has 0 aliphatic carbocycles. The lowest BCUT2D eigenvalue weighted by Gasteiger charge is -2.41. The van der Waals surface area contributed by atoms with Gasteiger partial charge in [-0.3, -0.25) is 14.3 Å². The van der Waals surface area contributed by atoms with E-state index in [9.17, 15) is 9.59 Å². The average Bonchev–Trinajstić information content (AvgIpc) is 3.00. The van der Waals surface area contributed by atoms with Gasteiger partial charge in [-0.1, -0.05) is 0 Å². The Kier molecular flexibility index (Phi) is 6.77. The van der Waals surface area contributed by atoms with E-state index in [2.05, 4.69) is 15.7 Å². The Bertz CT molecular complexity index is 581. The quantitative estimate of drug-likeness (QED) is 0.618. The molecule has 0 spiro atoms. The predicted molar refractivity (Wildman–Crippen MR) is 92.1 cm³/mol. The van der Waals surface area contributed by atoms with Gasteiger partial charge in [-0.2, -0.15) is 5.10 Å². The SMILES string of the molecule is COCCNC(=O)C1(Nc2ccn(C)n2)CCN(C(=O)COC)CC1. The van der Waals surface area contributed by atoms with Crippen LogP contribution in [0.25, 0.3) is 0 Å². The highest BCUT2D eigenvalue weighted by Gasteiger charge is 2.42. The molecule has 2 rings (SSSR count). The van der Waals surface area contributed by atoms with Gasteiger partial charge < -0.3 is 25.0 Å². The highest BCUT2D eigenvalue weighted by Crippen LogP contribution is 2.27. The van der Waals surface area contributed by atoms with Crippen LogP contribution in [0.4, 0.5) is 5.82 Å². The first-order valence-corrected chi connectivity index (χ1v) is 8.32. The minimum atomic E-state index is -0.800. The van der Waals surface area contributed by atoms with Gasteiger partial charge in [-0.15, -0.1) is 0 Å². The van der Waals surface area contributed by atoms with Gasteiger partial charge in [0, 0.05) is 53.2 Å². The Labute approximate surface area is 147 Å². The van der Waals surface area contributed by atoms with Crippen LogP contribution in [0.2, 0.25) is 0 Å². The van der Waals surface area contributed by atoms with Crippen molar-refractivity contribution in [2.24, 2.45) is 7.05 Å². The van der Waals surface area contributed by atoms with Crippen molar-refractivity contribution in [2.45, 2.75) is 18.4 Å². The third-order valence-electron chi connectivity index (χ3n) is 4.34. The van der Waals surface area contributed by atoms with Crippen molar-refractivity contribution in [1.82, 2.24) is 20.0 Å². The summed E-state index contributed by atoms with van der Waals surface area (Å²) >= 11 is 0. The van der Waals surface area contributed by atoms with E-state index >= 15 is 0 Å². The molecule has 1 aliphatic heterocycles. The minimum Gasteiger partial charge on any atom is -0.383 e. The largest absolute Gasteiger partial charge is 0.383 e. The van der Waals surface area contributed by atoms with E-state index in [1.807, 2.05) is 19.3 Å². The molecule has 9 nitrogen and oxygen atoms in total. The first kappa shape index (κ1) is 19.2. The number of methoxy groups -OCH3 is 2. The van der Waals surface area contributed by atoms with Crippen LogP contribution in [-0.4, -0.2) is 79.1 Å². The van der Waals surface area contributed by atoms with Crippen molar-refractivity contribution in [3.8, 4) is 0 Å². The molecule has 1 aromatic rings. The molecule has 1 aromatic heterocycles. The summed E-state index contributed by atoms with van der Waals surface area (Å²) in [5, 5.41) is 10.5. The molecule has 9 heteroatoms. The average molecular weight is 353 g/mol. The number of ether oxygens (including phenoxy) is 2. The zero-order valence-electron chi connectivity index (χ0n) is 15.1. The number of carbonyl (C=O) groups excluding carboxylic acids is 2. The van der Waals surface area contributed by atoms with Crippen LogP contribution in [0.5, 0.6) is 0 Å². The molecule has 2 heterocycles. The summed E-state index contributed by atoms with van der Waals surface area (Å²) in [6.45, 7) is 1.91. The molecule has 140 valence electrons. The predicted octanol–water partition coefficient (Wildman–Crippen LogP) is -0.398. The molecule has 1 aliphatic rings. The van der Waals surface area contributed by atoms with Gasteiger partial charge in [0.2, 0.25) is 11.8 Å². The minimum absolute atomic E-state index is 0.0563. The Morgan fingerprint density at radius 2 is 2.00 bits per heavy atom. The Balaban J connectivity index is 2.08. The first-order chi connectivity index (χ1) is 12.0. The summed E-state index contributed by atoms with van der Waals surface area (Å²) in [7, 11) is 4.91. The number of piperidine rings is 1. The topological polar surface area (TPSA) is 97.7 Å². The van der Waals surface area contributed by atoms with Gasteiger partial charge in [0.25, 0.3) is 0 Å². The lowest BCUT2D eigenvalue weighted by molar-refractivity contribution is -0.139. The number of aromatic nitrogens is 2. The fourth-order valence-electron chi connectivity index (χ4n) is 2.92. The summed E-state index contributed by atoms with van der Waals surface area (Å²) in [6, 6.07) is 1.83. The summed E-state index contributed by atoms with van der Waals surface area (Å²) in [4.78, 5) is 26.5. The van der Waals surface area contributed by atoms with Gasteiger partial charge >= 0.3 is 0 Å². The zero-order chi connectivity index (χ0) is 18.3. The molecule has 25 heavy (non-hydrogen) atoms. The van der Waals surface area contributed by atoms with Gasteiger partial charge in [-0.05, 0) is 12.8 Å². The highest BCUT2D eigenvalue weighted by molar-refractivity contribution is 5.89. The smallest absolute Gasteiger partial charge is 0.248 e. The molecule has 2 N–H and O–H groups in total. The monoisotopic (exact) mass is 353 g/mol. The van der Waals surface area contributed by atoms with Crippen molar-refractivity contribution in [2.75, 3.05) is 52.4 Å². The van der Waals surface area contributed by atoms with E-state index in [0.717, 1.165) is 0 Å². The fourth-order valence-corrected chi connectivity index (χ4v) is 2.92. The van der Waals surface area contributed by atoms with Gasteiger partial charge in [0.05, 0.1) is 6.61 Å². The van der Waals surface area contributed by atoms with Crippen LogP contribution < -0.4 is 10.6 Å². The van der Waals surface area contributed by atoms with E-state index in [1.54, 1.807) is 16.7 Å². The van der Waals surface area contributed by atoms with Gasteiger partial charge in [0.15, 0.2) is 0 Å². The second-order valence-electron chi connectivity index (χ2n) is 6.14. The van der Waals surface area contributed by atoms with E-state index in [-0.39, 0.29) is 18.4 Å². The van der Waals surface area contributed by atoms with Crippen LogP contribution in [0, 0.1) is 0 Å². The first-order valence-electron chi connectivity index (χ1n) is 8.32. The number of rotatable bonds is 8. The molecular formula is C16H27N5O4. The number of aryl methyl sites for hydroxylation is 1. The van der Waals surface area contributed by atoms with Crippen molar-refractivity contribution in [1.29, 1.82) is 0 Å². The van der Waals surface area contributed by atoms with Crippen LogP contribution >= 0.6 is 0 Å². The summed E-state index contributed by atoms with van der Waals surface area (Å²) in [6.07, 6.45) is 2.81. The number of nitrogens with one attached hydrogen (secondary N) is 2. The van der Waals surface area contributed by atoms with Crippen LogP contribution in [0.3, 0.4) is 0 Å². The molecule has 1 fully saturated rings. The van der Waals surface area contributed by atoms with Crippen molar-refractivity contribution >= 4 is 17.6 Å². The van der Waals surface area contributed by atoms with Crippen LogP contribution in [0.1, 0.15) is 12.8 Å². The number of hydrogen-bond donors (Lipinski definition) is 2. The van der Waals surface area contributed by atoms with E-state index in [1.165, 1.54) is 7.11 Å². The summed E-state index contributed by atoms with van der Waals surface area (Å²) in [5.41, 5.74) is -0.800. The molecular weight excluding hydrogens is 326 g/mol. The zero-order valence-corrected chi connectivity index (χ0v) is 15.1. The van der Waals surface area contributed by atoms with E-state index in [4.69, 9.17) is 9.47 Å². The third kappa shape index (κ3) is 4.93. The van der Waals surface area contributed by atoms with E-state index < -0.39 is 5.54 Å². The molecule has 0 unspecified atom stereocenters. The summed E-state index contributed by atoms with van der Waals surface area (Å²) < 4.78 is 11.6. The van der Waals surface area contributed by atoms with Crippen LogP contribution in [0.15, 0.2) is 12.3 Å². The van der Waals surface area contributed by atoms with E-state index in [0.29, 0.717) is 44.9 Å². The van der Waals surface area contributed by atoms with Gasteiger partial charge in [0.1, 0.15) is 18.0 Å². The molecule has 0 aromatic carbocycles. The second kappa shape index (κ2) is 8.82. The Morgan fingerprint density at radius 1 is 1.28 bits per heavy atom. The molecule has 2 amide bonds. The molecule has 0 saturated carbocycles. The lowest BCUT2D eigenvalue weighted by atomic mass is 9.86. The second-order valence-corrected chi connectivity index (χ2v) is 6.14. The standard InChI is InChI=1S/C16H27N5O4/c1-20-8-4-13(19-20)18-16(15(23)17-7-11-24-2)5-9-21(10-6-16)14(22)12-25-3/h4,8H,5-7,9-12H2,1-3H3,(H,17,23)(H,18,19). The molecule has 0 bridgehead atoms. The molecule has 0 atom stereocenters. The van der Waals surface area contributed by atoms with Crippen molar-refractivity contribution in [3.05, 3.63) is 12.3 Å². The Hall–Kier alpha value is -2.13. The number of likely N-dealkylation sites (tertiary alicyclic amines) is 1. The lowest BCUT2D eigenvalue weighted by Crippen LogP contribution is -2.59. The fraction of sp³-hybridized carbons (Fsp3) is 0.688.